The van der Waals surface area contributed by atoms with Crippen LogP contribution in [0.3, 0.4) is 0 Å². The molecule has 3 heterocycles. The number of nitrogen functional groups attached to an aromatic ring is 1. The van der Waals surface area contributed by atoms with Gasteiger partial charge in [0.2, 0.25) is 0 Å². The summed E-state index contributed by atoms with van der Waals surface area (Å²) in [6.07, 6.45) is 5.13. The summed E-state index contributed by atoms with van der Waals surface area (Å²) >= 11 is 0. The average Bonchev–Trinajstić information content (AvgIpc) is 3.36. The first-order valence-electron chi connectivity index (χ1n) is 13.5. The normalized spacial score (nSPS) is 17.6. The van der Waals surface area contributed by atoms with E-state index >= 15 is 0 Å². The number of ether oxygens (including phenoxy) is 1. The van der Waals surface area contributed by atoms with Crippen LogP contribution < -0.4 is 16.4 Å². The van der Waals surface area contributed by atoms with Gasteiger partial charge in [0.1, 0.15) is 28.7 Å². The zero-order valence-corrected chi connectivity index (χ0v) is 22.6. The van der Waals surface area contributed by atoms with Crippen molar-refractivity contribution in [3.63, 3.8) is 0 Å². The summed E-state index contributed by atoms with van der Waals surface area (Å²) in [6, 6.07) is 8.71. The van der Waals surface area contributed by atoms with Gasteiger partial charge in [-0.05, 0) is 56.5 Å². The van der Waals surface area contributed by atoms with Gasteiger partial charge in [-0.3, -0.25) is 9.20 Å². The van der Waals surface area contributed by atoms with Gasteiger partial charge in [0.25, 0.3) is 5.91 Å². The highest BCUT2D eigenvalue weighted by molar-refractivity contribution is 6.04. The number of halogens is 3. The molecule has 216 valence electrons. The number of rotatable bonds is 9. The van der Waals surface area contributed by atoms with Crippen molar-refractivity contribution >= 4 is 23.1 Å². The Morgan fingerprint density at radius 1 is 1.15 bits per heavy atom. The van der Waals surface area contributed by atoms with E-state index in [1.165, 1.54) is 0 Å². The van der Waals surface area contributed by atoms with Crippen LogP contribution in [0.15, 0.2) is 55.0 Å². The number of methoxy groups -OCH3 is 1. The van der Waals surface area contributed by atoms with Crippen molar-refractivity contribution in [2.45, 2.75) is 50.2 Å². The molecular formula is C29H32F3N7O2. The second-order valence-corrected chi connectivity index (χ2v) is 10.2. The second kappa shape index (κ2) is 12.2. The number of nitrogens with one attached hydrogen (secondary N) is 2. The van der Waals surface area contributed by atoms with Crippen LogP contribution in [-0.4, -0.2) is 51.6 Å². The lowest BCUT2D eigenvalue weighted by atomic mass is 9.85. The van der Waals surface area contributed by atoms with E-state index in [1.54, 1.807) is 37.6 Å². The number of aromatic nitrogens is 4. The van der Waals surface area contributed by atoms with Crippen LogP contribution in [0.1, 0.15) is 59.8 Å². The van der Waals surface area contributed by atoms with Crippen molar-refractivity contribution in [2.75, 3.05) is 31.3 Å². The summed E-state index contributed by atoms with van der Waals surface area (Å²) in [5.74, 6) is 0.744. The molecule has 1 saturated carbocycles. The van der Waals surface area contributed by atoms with E-state index in [0.29, 0.717) is 23.1 Å². The zero-order valence-electron chi connectivity index (χ0n) is 22.6. The predicted molar refractivity (Wildman–Crippen MR) is 150 cm³/mol. The molecule has 4 aromatic rings. The number of fused-ring (bicyclic) bond motifs is 1. The van der Waals surface area contributed by atoms with Gasteiger partial charge in [0.05, 0.1) is 5.56 Å². The van der Waals surface area contributed by atoms with Crippen LogP contribution in [0, 0.1) is 0 Å². The Labute approximate surface area is 235 Å². The van der Waals surface area contributed by atoms with E-state index in [0.717, 1.165) is 75.0 Å². The maximum absolute atomic E-state index is 13.0. The van der Waals surface area contributed by atoms with Crippen LogP contribution in [0.25, 0.3) is 16.8 Å². The number of carbonyl (C=O) groups is 1. The van der Waals surface area contributed by atoms with Crippen molar-refractivity contribution in [3.8, 4) is 11.3 Å². The zero-order chi connectivity index (χ0) is 29.0. The molecule has 12 heteroatoms. The smallest absolute Gasteiger partial charge is 0.385 e. The number of nitrogens with two attached hydrogens (primary N) is 1. The van der Waals surface area contributed by atoms with Crippen molar-refractivity contribution < 1.29 is 22.7 Å². The minimum atomic E-state index is -4.54. The minimum absolute atomic E-state index is 0.184. The molecule has 5 rings (SSSR count). The number of hydrogen-bond donors (Lipinski definition) is 3. The number of amides is 1. The number of hydrogen-bond acceptors (Lipinski definition) is 7. The quantitative estimate of drug-likeness (QED) is 0.235. The Balaban J connectivity index is 1.37. The second-order valence-electron chi connectivity index (χ2n) is 10.2. The molecule has 0 saturated heterocycles. The van der Waals surface area contributed by atoms with E-state index in [9.17, 15) is 18.0 Å². The largest absolute Gasteiger partial charge is 0.416 e. The van der Waals surface area contributed by atoms with Crippen LogP contribution in [0.5, 0.6) is 0 Å². The highest BCUT2D eigenvalue weighted by atomic mass is 19.4. The third-order valence-electron chi connectivity index (χ3n) is 7.36. The standard InChI is InChI=1S/C29H32F3N7O2/c1-41-15-3-11-34-22-5-2-4-20(16-22)27-38-24(25-26(33)36-13-14-39(25)27)18-6-8-19(9-7-18)28(40)37-23-17-21(10-12-35-23)29(30,31)32/h6-10,12-14,17,20,22,34H,2-5,11,15-16H2,1H3,(H2,33,36)(H,35,37,40)/t20-,22+/m1/s1. The van der Waals surface area contributed by atoms with Crippen molar-refractivity contribution in [1.29, 1.82) is 0 Å². The number of imidazole rings is 1. The monoisotopic (exact) mass is 567 g/mol. The van der Waals surface area contributed by atoms with Gasteiger partial charge in [0.15, 0.2) is 0 Å². The lowest BCUT2D eigenvalue weighted by Crippen LogP contribution is -2.35. The number of alkyl halides is 3. The molecule has 0 aliphatic heterocycles. The highest BCUT2D eigenvalue weighted by Crippen LogP contribution is 2.37. The van der Waals surface area contributed by atoms with Crippen LogP contribution in [0.4, 0.5) is 24.8 Å². The molecule has 41 heavy (non-hydrogen) atoms. The van der Waals surface area contributed by atoms with Gasteiger partial charge in [-0.2, -0.15) is 13.2 Å². The Bertz CT molecular complexity index is 1500. The van der Waals surface area contributed by atoms with Crippen molar-refractivity contribution in [1.82, 2.24) is 24.7 Å². The van der Waals surface area contributed by atoms with E-state index in [2.05, 4.69) is 20.6 Å². The van der Waals surface area contributed by atoms with Gasteiger partial charge < -0.3 is 21.1 Å². The first kappa shape index (κ1) is 28.5. The van der Waals surface area contributed by atoms with Crippen LogP contribution >= 0.6 is 0 Å². The maximum atomic E-state index is 13.0. The Hall–Kier alpha value is -4.03. The molecular weight excluding hydrogens is 535 g/mol. The first-order chi connectivity index (χ1) is 19.7. The molecule has 1 aliphatic rings. The molecule has 0 spiro atoms. The van der Waals surface area contributed by atoms with Crippen molar-refractivity contribution in [3.05, 3.63) is 71.9 Å². The fraction of sp³-hybridized carbons (Fsp3) is 0.379. The van der Waals surface area contributed by atoms with Gasteiger partial charge in [-0.15, -0.1) is 0 Å². The molecule has 0 radical (unpaired) electrons. The maximum Gasteiger partial charge on any atom is 0.416 e. The molecule has 2 atom stereocenters. The van der Waals surface area contributed by atoms with Crippen LogP contribution in [0.2, 0.25) is 0 Å². The fourth-order valence-corrected chi connectivity index (χ4v) is 5.35. The molecule has 9 nitrogen and oxygen atoms in total. The topological polar surface area (TPSA) is 119 Å². The van der Waals surface area contributed by atoms with Gasteiger partial charge >= 0.3 is 6.18 Å². The Morgan fingerprint density at radius 2 is 1.95 bits per heavy atom. The summed E-state index contributed by atoms with van der Waals surface area (Å²) in [7, 11) is 1.71. The molecule has 1 amide bonds. The van der Waals surface area contributed by atoms with E-state index in [4.69, 9.17) is 15.5 Å². The van der Waals surface area contributed by atoms with E-state index in [-0.39, 0.29) is 17.3 Å². The highest BCUT2D eigenvalue weighted by Gasteiger charge is 2.31. The summed E-state index contributed by atoms with van der Waals surface area (Å²) < 4.78 is 46.2. The van der Waals surface area contributed by atoms with Gasteiger partial charge in [0, 0.05) is 55.4 Å². The molecule has 1 aromatic carbocycles. The Kier molecular flexibility index (Phi) is 8.50. The minimum Gasteiger partial charge on any atom is -0.385 e. The van der Waals surface area contributed by atoms with E-state index < -0.39 is 17.6 Å². The third-order valence-corrected chi connectivity index (χ3v) is 7.36. The van der Waals surface area contributed by atoms with Crippen molar-refractivity contribution in [2.24, 2.45) is 0 Å². The number of carbonyl (C=O) groups excluding carboxylic acids is 1. The molecule has 0 unspecified atom stereocenters. The first-order valence-corrected chi connectivity index (χ1v) is 13.5. The molecule has 3 aromatic heterocycles. The lowest BCUT2D eigenvalue weighted by Gasteiger charge is -2.29. The lowest BCUT2D eigenvalue weighted by molar-refractivity contribution is -0.137. The van der Waals surface area contributed by atoms with Gasteiger partial charge in [-0.1, -0.05) is 18.6 Å². The number of nitrogens with zero attached hydrogens (tertiary/aromatic N) is 4. The number of pyridine rings is 1. The average molecular weight is 568 g/mol. The third kappa shape index (κ3) is 6.49. The van der Waals surface area contributed by atoms with Gasteiger partial charge in [-0.25, -0.2) is 15.0 Å². The number of benzene rings is 1. The molecule has 1 fully saturated rings. The fourth-order valence-electron chi connectivity index (χ4n) is 5.35. The Morgan fingerprint density at radius 3 is 2.71 bits per heavy atom. The summed E-state index contributed by atoms with van der Waals surface area (Å²) in [5.41, 5.74) is 7.79. The van der Waals surface area contributed by atoms with E-state index in [1.807, 2.05) is 10.6 Å². The van der Waals surface area contributed by atoms with Crippen LogP contribution in [-0.2, 0) is 10.9 Å². The summed E-state index contributed by atoms with van der Waals surface area (Å²) in [6.45, 7) is 1.63. The summed E-state index contributed by atoms with van der Waals surface area (Å²) in [5, 5.41) is 6.08. The summed E-state index contributed by atoms with van der Waals surface area (Å²) in [4.78, 5) is 25.9. The molecule has 1 aliphatic carbocycles. The predicted octanol–water partition coefficient (Wildman–Crippen LogP) is 5.30. The molecule has 4 N–H and O–H groups in total. The number of anilines is 2. The SMILES string of the molecule is COCCCN[C@H]1CCC[C@@H](c2nc(-c3ccc(C(=O)Nc4cc(C(F)(F)F)ccn4)cc3)c3c(N)nccn23)C1. The molecule has 0 bridgehead atoms.